The van der Waals surface area contributed by atoms with Crippen molar-refractivity contribution < 1.29 is 9.59 Å². The maximum Gasteiger partial charge on any atom is 0.274 e. The van der Waals surface area contributed by atoms with Crippen LogP contribution in [0.3, 0.4) is 0 Å². The van der Waals surface area contributed by atoms with Crippen molar-refractivity contribution in [2.45, 2.75) is 5.54 Å². The molecular weight excluding hydrogens is 384 g/mol. The second-order valence-corrected chi connectivity index (χ2v) is 7.44. The van der Waals surface area contributed by atoms with E-state index in [9.17, 15) is 9.59 Å². The minimum absolute atomic E-state index is 0.243. The van der Waals surface area contributed by atoms with Gasteiger partial charge in [0.15, 0.2) is 0 Å². The maximum atomic E-state index is 13.6. The Morgan fingerprint density at radius 1 is 0.645 bits per heavy atom. The first kappa shape index (κ1) is 18.8. The minimum Gasteiger partial charge on any atom is -0.267 e. The molecule has 4 aromatic carbocycles. The highest BCUT2D eigenvalue weighted by Crippen LogP contribution is 2.47. The lowest BCUT2D eigenvalue weighted by Crippen LogP contribution is -2.55. The molecule has 4 heteroatoms. The number of rotatable bonds is 4. The van der Waals surface area contributed by atoms with E-state index < -0.39 is 5.54 Å². The average Bonchev–Trinajstić information content (AvgIpc) is 3.09. The molecule has 4 nitrogen and oxygen atoms in total. The SMILES string of the molecule is O=C(NN1C(=O)c2ccccc2C1(c1ccccc1)c1ccccc1)c1ccccc1. The van der Waals surface area contributed by atoms with Crippen LogP contribution in [0.2, 0.25) is 0 Å². The first-order valence-electron chi connectivity index (χ1n) is 10.1. The lowest BCUT2D eigenvalue weighted by molar-refractivity contribution is 0.0462. The van der Waals surface area contributed by atoms with Gasteiger partial charge in [-0.15, -0.1) is 0 Å². The minimum atomic E-state index is -0.985. The number of carbonyl (C=O) groups excluding carboxylic acids is 2. The molecule has 150 valence electrons. The topological polar surface area (TPSA) is 49.4 Å². The van der Waals surface area contributed by atoms with E-state index in [1.165, 1.54) is 5.01 Å². The molecule has 0 atom stereocenters. The van der Waals surface area contributed by atoms with Crippen molar-refractivity contribution in [1.29, 1.82) is 0 Å². The molecule has 0 unspecified atom stereocenters. The molecule has 0 spiro atoms. The van der Waals surface area contributed by atoms with Crippen molar-refractivity contribution in [1.82, 2.24) is 10.4 Å². The molecule has 1 aliphatic rings. The van der Waals surface area contributed by atoms with Crippen LogP contribution in [0, 0.1) is 0 Å². The molecule has 4 aromatic rings. The van der Waals surface area contributed by atoms with Gasteiger partial charge in [-0.2, -0.15) is 0 Å². The van der Waals surface area contributed by atoms with Gasteiger partial charge in [-0.05, 0) is 29.3 Å². The standard InChI is InChI=1S/C27H20N2O2/c30-25(20-12-4-1-5-13-20)28-29-26(31)23-18-10-11-19-24(23)27(29,21-14-6-2-7-15-21)22-16-8-3-9-17-22/h1-19H,(H,28,30). The zero-order valence-corrected chi connectivity index (χ0v) is 16.7. The van der Waals surface area contributed by atoms with E-state index in [4.69, 9.17) is 0 Å². The Morgan fingerprint density at radius 3 is 1.71 bits per heavy atom. The van der Waals surface area contributed by atoms with E-state index in [2.05, 4.69) is 5.43 Å². The number of nitrogens with zero attached hydrogens (tertiary/aromatic N) is 1. The Bertz CT molecular complexity index is 1200. The van der Waals surface area contributed by atoms with Gasteiger partial charge >= 0.3 is 0 Å². The normalized spacial score (nSPS) is 14.2. The second kappa shape index (κ2) is 7.58. The summed E-state index contributed by atoms with van der Waals surface area (Å²) in [4.78, 5) is 26.8. The second-order valence-electron chi connectivity index (χ2n) is 7.44. The van der Waals surface area contributed by atoms with Crippen molar-refractivity contribution in [3.8, 4) is 0 Å². The Hall–Kier alpha value is -4.18. The molecule has 31 heavy (non-hydrogen) atoms. The first-order valence-corrected chi connectivity index (χ1v) is 10.1. The average molecular weight is 404 g/mol. The predicted molar refractivity (Wildman–Crippen MR) is 119 cm³/mol. The van der Waals surface area contributed by atoms with E-state index in [1.54, 1.807) is 24.3 Å². The molecule has 0 fully saturated rings. The quantitative estimate of drug-likeness (QED) is 0.532. The van der Waals surface area contributed by atoms with Crippen molar-refractivity contribution in [3.05, 3.63) is 143 Å². The Morgan fingerprint density at radius 2 is 1.13 bits per heavy atom. The summed E-state index contributed by atoms with van der Waals surface area (Å²) in [5, 5.41) is 1.48. The largest absolute Gasteiger partial charge is 0.274 e. The van der Waals surface area contributed by atoms with E-state index in [1.807, 2.05) is 91.0 Å². The summed E-state index contributed by atoms with van der Waals surface area (Å²) in [6, 6.07) is 36.1. The van der Waals surface area contributed by atoms with Gasteiger partial charge in [0, 0.05) is 16.7 Å². The van der Waals surface area contributed by atoms with Gasteiger partial charge < -0.3 is 0 Å². The molecule has 1 heterocycles. The summed E-state index contributed by atoms with van der Waals surface area (Å²) in [6.07, 6.45) is 0. The number of hydrazine groups is 1. The van der Waals surface area contributed by atoms with Gasteiger partial charge in [0.2, 0.25) is 0 Å². The highest BCUT2D eigenvalue weighted by Gasteiger charge is 2.53. The number of hydrogen-bond donors (Lipinski definition) is 1. The van der Waals surface area contributed by atoms with E-state index in [-0.39, 0.29) is 11.8 Å². The van der Waals surface area contributed by atoms with Crippen LogP contribution < -0.4 is 5.43 Å². The molecular formula is C27H20N2O2. The number of benzene rings is 4. The number of carbonyl (C=O) groups is 2. The van der Waals surface area contributed by atoms with E-state index >= 15 is 0 Å². The molecule has 2 amide bonds. The van der Waals surface area contributed by atoms with Crippen molar-refractivity contribution in [2.75, 3.05) is 0 Å². The zero-order chi connectivity index (χ0) is 21.3. The van der Waals surface area contributed by atoms with Crippen LogP contribution in [0.15, 0.2) is 115 Å². The molecule has 0 saturated carbocycles. The van der Waals surface area contributed by atoms with Crippen LogP contribution in [-0.4, -0.2) is 16.8 Å². The summed E-state index contributed by atoms with van der Waals surface area (Å²) in [5.74, 6) is -0.578. The fraction of sp³-hybridized carbons (Fsp3) is 0.0370. The number of hydrogen-bond acceptors (Lipinski definition) is 2. The summed E-state index contributed by atoms with van der Waals surface area (Å²) in [5.41, 5.74) is 5.63. The van der Waals surface area contributed by atoms with Crippen molar-refractivity contribution in [2.24, 2.45) is 0 Å². The highest BCUT2D eigenvalue weighted by molar-refractivity contribution is 6.04. The molecule has 0 aromatic heterocycles. The van der Waals surface area contributed by atoms with Gasteiger partial charge in [-0.1, -0.05) is 97.1 Å². The summed E-state index contributed by atoms with van der Waals surface area (Å²) in [7, 11) is 0. The molecule has 0 radical (unpaired) electrons. The molecule has 1 aliphatic heterocycles. The maximum absolute atomic E-state index is 13.6. The number of fused-ring (bicyclic) bond motifs is 1. The van der Waals surface area contributed by atoms with Crippen LogP contribution >= 0.6 is 0 Å². The van der Waals surface area contributed by atoms with Gasteiger partial charge in [-0.25, -0.2) is 5.01 Å². The predicted octanol–water partition coefficient (Wildman–Crippen LogP) is 4.78. The Kier molecular flexibility index (Phi) is 4.60. The Labute approximate surface area is 180 Å². The molecule has 1 N–H and O–H groups in total. The van der Waals surface area contributed by atoms with Crippen LogP contribution in [0.1, 0.15) is 37.4 Å². The van der Waals surface area contributed by atoms with E-state index in [0.29, 0.717) is 11.1 Å². The van der Waals surface area contributed by atoms with Gasteiger partial charge in [0.05, 0.1) is 0 Å². The van der Waals surface area contributed by atoms with Crippen LogP contribution in [0.5, 0.6) is 0 Å². The number of amides is 2. The summed E-state index contributed by atoms with van der Waals surface area (Å²) >= 11 is 0. The fourth-order valence-corrected chi connectivity index (χ4v) is 4.36. The zero-order valence-electron chi connectivity index (χ0n) is 16.7. The van der Waals surface area contributed by atoms with Crippen LogP contribution in [0.25, 0.3) is 0 Å². The van der Waals surface area contributed by atoms with Gasteiger partial charge in [-0.3, -0.25) is 15.0 Å². The molecule has 5 rings (SSSR count). The number of nitrogens with one attached hydrogen (secondary N) is 1. The smallest absolute Gasteiger partial charge is 0.267 e. The van der Waals surface area contributed by atoms with Gasteiger partial charge in [0.1, 0.15) is 5.54 Å². The summed E-state index contributed by atoms with van der Waals surface area (Å²) in [6.45, 7) is 0. The van der Waals surface area contributed by atoms with Crippen LogP contribution in [-0.2, 0) is 5.54 Å². The van der Waals surface area contributed by atoms with Crippen molar-refractivity contribution in [3.63, 3.8) is 0 Å². The Balaban J connectivity index is 1.76. The first-order chi connectivity index (χ1) is 15.2. The molecule has 0 aliphatic carbocycles. The highest BCUT2D eigenvalue weighted by atomic mass is 16.2. The lowest BCUT2D eigenvalue weighted by Gasteiger charge is -2.40. The van der Waals surface area contributed by atoms with Crippen molar-refractivity contribution >= 4 is 11.8 Å². The third kappa shape index (κ3) is 2.92. The molecule has 0 bridgehead atoms. The van der Waals surface area contributed by atoms with E-state index in [0.717, 1.165) is 16.7 Å². The monoisotopic (exact) mass is 404 g/mol. The third-order valence-corrected chi connectivity index (χ3v) is 5.72. The van der Waals surface area contributed by atoms with Gasteiger partial charge in [0.25, 0.3) is 11.8 Å². The lowest BCUT2D eigenvalue weighted by atomic mass is 9.77. The molecule has 0 saturated heterocycles. The third-order valence-electron chi connectivity index (χ3n) is 5.72. The summed E-state index contributed by atoms with van der Waals surface area (Å²) < 4.78 is 0. The van der Waals surface area contributed by atoms with Crippen LogP contribution in [0.4, 0.5) is 0 Å². The fourth-order valence-electron chi connectivity index (χ4n) is 4.36.